The molecule has 0 aliphatic heterocycles. The van der Waals surface area contributed by atoms with Gasteiger partial charge in [-0.1, -0.05) is 0 Å². The van der Waals surface area contributed by atoms with Crippen LogP contribution < -0.4 is 21.2 Å². The van der Waals surface area contributed by atoms with Crippen molar-refractivity contribution in [2.75, 3.05) is 36.3 Å². The molecule has 0 rings (SSSR count). The van der Waals surface area contributed by atoms with Crippen LogP contribution in [0.25, 0.3) is 0 Å². The van der Waals surface area contributed by atoms with Crippen LogP contribution >= 0.6 is 158 Å². The van der Waals surface area contributed by atoms with Gasteiger partial charge in [-0.3, -0.25) is 0 Å². The number of alkyl halides is 9. The Morgan fingerprint density at radius 3 is 1.43 bits per heavy atom. The van der Waals surface area contributed by atoms with Crippen LogP contribution in [-0.2, 0) is 9.47 Å². The Bertz CT molecular complexity index is 255. The van der Waals surface area contributed by atoms with Crippen LogP contribution in [0.5, 0.6) is 0 Å². The zero-order valence-corrected chi connectivity index (χ0v) is 28.5. The van der Waals surface area contributed by atoms with Gasteiger partial charge in [0.25, 0.3) is 0 Å². The molecule has 1 unspecified atom stereocenters. The first kappa shape index (κ1) is 26.8. The molecule has 0 fully saturated rings. The summed E-state index contributed by atoms with van der Waals surface area (Å²) >= 11 is 17.3. The van der Waals surface area contributed by atoms with Gasteiger partial charge in [-0.2, -0.15) is 0 Å². The van der Waals surface area contributed by atoms with Crippen LogP contribution in [0.1, 0.15) is 0 Å². The van der Waals surface area contributed by atoms with Gasteiger partial charge in [0.15, 0.2) is 0 Å². The monoisotopic (exact) mass is 1200 g/mol. The zero-order chi connectivity index (χ0) is 16.6. The Balaban J connectivity index is 6.19. The molecule has 0 spiro atoms. The number of hydrogen-bond donors (Lipinski definition) is 0. The van der Waals surface area contributed by atoms with Crippen molar-refractivity contribution in [1.29, 1.82) is 0 Å². The van der Waals surface area contributed by atoms with E-state index in [1.54, 1.807) is 0 Å². The van der Waals surface area contributed by atoms with Crippen molar-refractivity contribution in [3.05, 3.63) is 0 Å². The third kappa shape index (κ3) is 5.87. The van der Waals surface area contributed by atoms with Crippen molar-refractivity contribution in [1.82, 2.24) is 0 Å². The van der Waals surface area contributed by atoms with E-state index in [1.807, 2.05) is 0 Å². The zero-order valence-electron chi connectivity index (χ0n) is 11.3. The molecule has 0 amide bonds. The molecule has 0 bridgehead atoms. The van der Waals surface area contributed by atoms with Crippen molar-refractivity contribution in [2.24, 2.45) is 5.41 Å². The Labute approximate surface area is 234 Å². The molecule has 0 saturated heterocycles. The first-order valence-corrected chi connectivity index (χ1v) is 19.6. The molecule has 0 aliphatic rings. The predicted octanol–water partition coefficient (Wildman–Crippen LogP) is 3.12. The van der Waals surface area contributed by atoms with Gasteiger partial charge in [-0.05, 0) is 0 Å². The third-order valence-electron chi connectivity index (χ3n) is 3.57. The van der Waals surface area contributed by atoms with Gasteiger partial charge in [0.1, 0.15) is 0 Å². The summed E-state index contributed by atoms with van der Waals surface area (Å²) in [6, 6.07) is 0. The van der Waals surface area contributed by atoms with Crippen molar-refractivity contribution >= 4 is 158 Å². The first-order valence-electron chi connectivity index (χ1n) is 5.69. The first-order chi connectivity index (χ1) is 9.99. The maximum atomic E-state index is 6.46. The van der Waals surface area contributed by atoms with Crippen LogP contribution in [0, 0.1) is 5.41 Å². The molecular weight excluding hydrogens is 1180 g/mol. The van der Waals surface area contributed by atoms with E-state index in [9.17, 15) is 0 Å². The minimum atomic E-state index is -0.121. The minimum absolute atomic E-state index is 0.0296. The maximum absolute atomic E-state index is 6.46. The standard InChI is InChI=1S/C11H17I8O2/c1-19-11(6-16,21-8-18)9(2-12,3-13)10(4-14,5-15)20-7-17/h2-8H2,1H3/q-1. The van der Waals surface area contributed by atoms with Crippen LogP contribution in [0.4, 0.5) is 0 Å². The second-order valence-corrected chi connectivity index (χ2v) is 12.0. The summed E-state index contributed by atoms with van der Waals surface area (Å²) in [7, 11) is 0. The fourth-order valence-electron chi connectivity index (χ4n) is 2.11. The fourth-order valence-corrected chi connectivity index (χ4v) is 18.5. The molecule has 10 heteroatoms. The van der Waals surface area contributed by atoms with E-state index >= 15 is 0 Å². The predicted molar refractivity (Wildman–Crippen MR) is 148 cm³/mol. The summed E-state index contributed by atoms with van der Waals surface area (Å²) in [4.78, 5) is 2.37. The van der Waals surface area contributed by atoms with Gasteiger partial charge in [0.2, 0.25) is 0 Å². The van der Waals surface area contributed by atoms with Crippen LogP contribution in [0.2, 0.25) is 0 Å². The molecule has 0 saturated carbocycles. The number of ether oxygens (including phenoxy) is 2. The molecular formula is C11H17I8O2-. The summed E-state index contributed by atoms with van der Waals surface area (Å²) in [6.07, 6.45) is 0. The van der Waals surface area contributed by atoms with E-state index in [0.717, 1.165) is 31.4 Å². The molecule has 21 heavy (non-hydrogen) atoms. The molecule has 0 aromatic carbocycles. The summed E-state index contributed by atoms with van der Waals surface area (Å²) < 4.78 is 19.6. The van der Waals surface area contributed by atoms with Crippen LogP contribution in [0.3, 0.4) is 0 Å². The average Bonchev–Trinajstić information content (AvgIpc) is 2.53. The van der Waals surface area contributed by atoms with Crippen molar-refractivity contribution in [2.45, 2.75) is 9.21 Å². The number of hydrogen-bond acceptors (Lipinski definition) is 2. The SMILES string of the molecule is C[I-]C(CI)(OCI)C(CI)(CI)C(CI)(CI)OCI. The molecule has 0 aliphatic carbocycles. The van der Waals surface area contributed by atoms with E-state index < -0.39 is 0 Å². The van der Waals surface area contributed by atoms with E-state index in [4.69, 9.17) is 9.47 Å². The van der Waals surface area contributed by atoms with Crippen molar-refractivity contribution < 1.29 is 30.7 Å². The summed E-state index contributed by atoms with van der Waals surface area (Å²) in [5.74, 6) is 0. The van der Waals surface area contributed by atoms with Crippen LogP contribution in [-0.4, -0.2) is 45.5 Å². The molecule has 0 aromatic heterocycles. The van der Waals surface area contributed by atoms with E-state index in [2.05, 4.69) is 163 Å². The molecule has 0 heterocycles. The number of rotatable bonds is 12. The van der Waals surface area contributed by atoms with E-state index in [1.165, 1.54) is 0 Å². The van der Waals surface area contributed by atoms with Gasteiger partial charge in [-0.15, -0.1) is 0 Å². The average molecular weight is 1200 g/mol. The van der Waals surface area contributed by atoms with Crippen LogP contribution in [0.15, 0.2) is 0 Å². The van der Waals surface area contributed by atoms with Gasteiger partial charge in [-0.25, -0.2) is 0 Å². The molecule has 0 aromatic rings. The summed E-state index contributed by atoms with van der Waals surface area (Å²) in [5.41, 5.74) is -0.0620. The second kappa shape index (κ2) is 13.9. The quantitative estimate of drug-likeness (QED) is 0.222. The molecule has 1 atom stereocenters. The molecule has 0 radical (unpaired) electrons. The molecule has 130 valence electrons. The summed E-state index contributed by atoms with van der Waals surface area (Å²) in [6.45, 7) is 0. The van der Waals surface area contributed by atoms with Gasteiger partial charge < -0.3 is 0 Å². The molecule has 2 nitrogen and oxygen atoms in total. The van der Waals surface area contributed by atoms with E-state index in [-0.39, 0.29) is 35.8 Å². The Morgan fingerprint density at radius 2 is 1.19 bits per heavy atom. The summed E-state index contributed by atoms with van der Waals surface area (Å²) in [5, 5.41) is 0. The fraction of sp³-hybridized carbons (Fsp3) is 1.00. The third-order valence-corrected chi connectivity index (χ3v) is 15.3. The van der Waals surface area contributed by atoms with E-state index in [0.29, 0.717) is 0 Å². The van der Waals surface area contributed by atoms with Crippen molar-refractivity contribution in [3.63, 3.8) is 0 Å². The normalized spacial score (nSPS) is 16.2. The second-order valence-electron chi connectivity index (χ2n) is 4.17. The van der Waals surface area contributed by atoms with Crippen molar-refractivity contribution in [3.8, 4) is 0 Å². The number of halogens is 8. The van der Waals surface area contributed by atoms with Gasteiger partial charge in [0.05, 0.1) is 0 Å². The van der Waals surface area contributed by atoms with Gasteiger partial charge >= 0.3 is 240 Å². The van der Waals surface area contributed by atoms with Gasteiger partial charge in [0, 0.05) is 0 Å². The Hall–Kier alpha value is 5.76. The topological polar surface area (TPSA) is 18.5 Å². The Kier molecular flexibility index (Phi) is 17.7. The Morgan fingerprint density at radius 1 is 0.714 bits per heavy atom. The molecule has 0 N–H and O–H groups in total.